The molecular formula is C4H6ClNO2S. The van der Waals surface area contributed by atoms with Gasteiger partial charge in [-0.1, -0.05) is 0 Å². The second-order valence-electron chi connectivity index (χ2n) is 1.50. The molecule has 0 aliphatic rings. The smallest absolute Gasteiger partial charge is 0.212 e. The Balaban J connectivity index is 3.44. The van der Waals surface area contributed by atoms with E-state index in [1.807, 2.05) is 6.07 Å². The molecule has 0 aromatic carbocycles. The predicted octanol–water partition coefficient (Wildman–Crippen LogP) is 0.859. The molecular weight excluding hydrogens is 162 g/mol. The zero-order valence-corrected chi connectivity index (χ0v) is 6.24. The molecule has 0 rings (SSSR count). The fourth-order valence-corrected chi connectivity index (χ4v) is 1.14. The number of hydrogen-bond donors (Lipinski definition) is 0. The summed E-state index contributed by atoms with van der Waals surface area (Å²) in [6.07, 6.45) is 0.564. The van der Waals surface area contributed by atoms with E-state index in [9.17, 15) is 8.42 Å². The Hall–Kier alpha value is -0.270. The first-order valence-electron chi connectivity index (χ1n) is 2.35. The van der Waals surface area contributed by atoms with Gasteiger partial charge in [-0.25, -0.2) is 8.42 Å². The molecule has 0 fully saturated rings. The van der Waals surface area contributed by atoms with Gasteiger partial charge in [-0.3, -0.25) is 0 Å². The molecule has 0 saturated carbocycles. The quantitative estimate of drug-likeness (QED) is 0.463. The van der Waals surface area contributed by atoms with E-state index in [1.54, 1.807) is 0 Å². The third-order valence-corrected chi connectivity index (χ3v) is 1.92. The number of nitriles is 1. The van der Waals surface area contributed by atoms with Crippen molar-refractivity contribution >= 4 is 19.7 Å². The summed E-state index contributed by atoms with van der Waals surface area (Å²) in [6.45, 7) is 0. The topological polar surface area (TPSA) is 57.9 Å². The Labute approximate surface area is 58.7 Å². The van der Waals surface area contributed by atoms with E-state index in [-0.39, 0.29) is 12.2 Å². The Morgan fingerprint density at radius 3 is 2.44 bits per heavy atom. The molecule has 0 radical (unpaired) electrons. The summed E-state index contributed by atoms with van der Waals surface area (Å²) in [5.74, 6) is -0.109. The molecule has 0 aliphatic carbocycles. The predicted molar refractivity (Wildman–Crippen MR) is 34.5 cm³/mol. The summed E-state index contributed by atoms with van der Waals surface area (Å²) in [5.41, 5.74) is 0. The summed E-state index contributed by atoms with van der Waals surface area (Å²) in [7, 11) is 1.46. The molecule has 0 atom stereocenters. The highest BCUT2D eigenvalue weighted by Crippen LogP contribution is 1.99. The van der Waals surface area contributed by atoms with E-state index in [2.05, 4.69) is 0 Å². The van der Waals surface area contributed by atoms with E-state index in [0.717, 1.165) is 0 Å². The van der Waals surface area contributed by atoms with Crippen LogP contribution in [0.1, 0.15) is 12.8 Å². The number of unbranched alkanes of at least 4 members (excludes halogenated alkanes) is 1. The van der Waals surface area contributed by atoms with Crippen LogP contribution in [-0.4, -0.2) is 14.2 Å². The van der Waals surface area contributed by atoms with Gasteiger partial charge in [0.15, 0.2) is 0 Å². The third-order valence-electron chi connectivity index (χ3n) is 0.677. The lowest BCUT2D eigenvalue weighted by atomic mass is 10.4. The summed E-state index contributed by atoms with van der Waals surface area (Å²) >= 11 is 0. The van der Waals surface area contributed by atoms with Gasteiger partial charge in [-0.05, 0) is 6.42 Å². The molecule has 5 heteroatoms. The van der Waals surface area contributed by atoms with Crippen molar-refractivity contribution in [2.45, 2.75) is 12.8 Å². The lowest BCUT2D eigenvalue weighted by molar-refractivity contribution is 0.607. The Bertz CT molecular complexity index is 203. The van der Waals surface area contributed by atoms with E-state index in [4.69, 9.17) is 15.9 Å². The van der Waals surface area contributed by atoms with Gasteiger partial charge in [0.25, 0.3) is 0 Å². The molecule has 9 heavy (non-hydrogen) atoms. The average Bonchev–Trinajstić information content (AvgIpc) is 1.63. The Kier molecular flexibility index (Phi) is 3.59. The van der Waals surface area contributed by atoms with Gasteiger partial charge in [0, 0.05) is 17.1 Å². The minimum absolute atomic E-state index is 0.109. The fourth-order valence-electron chi connectivity index (χ4n) is 0.324. The molecule has 3 nitrogen and oxygen atoms in total. The van der Waals surface area contributed by atoms with Crippen LogP contribution in [-0.2, 0) is 9.05 Å². The minimum Gasteiger partial charge on any atom is -0.212 e. The minimum atomic E-state index is -3.38. The zero-order chi connectivity index (χ0) is 7.33. The number of nitrogens with zero attached hydrogens (tertiary/aromatic N) is 1. The van der Waals surface area contributed by atoms with Gasteiger partial charge in [-0.15, -0.1) is 0 Å². The molecule has 0 aromatic heterocycles. The van der Waals surface area contributed by atoms with Gasteiger partial charge < -0.3 is 0 Å². The monoisotopic (exact) mass is 167 g/mol. The van der Waals surface area contributed by atoms with Crippen molar-refractivity contribution in [2.24, 2.45) is 0 Å². The van der Waals surface area contributed by atoms with Crippen LogP contribution in [0.4, 0.5) is 0 Å². The first kappa shape index (κ1) is 8.73. The summed E-state index contributed by atoms with van der Waals surface area (Å²) in [5, 5.41) is 7.98. The molecule has 0 spiro atoms. The second-order valence-corrected chi connectivity index (χ2v) is 4.40. The lowest BCUT2D eigenvalue weighted by Crippen LogP contribution is -1.95. The van der Waals surface area contributed by atoms with Gasteiger partial charge in [0.05, 0.1) is 11.8 Å². The van der Waals surface area contributed by atoms with Crippen LogP contribution >= 0.6 is 10.7 Å². The van der Waals surface area contributed by atoms with Crippen molar-refractivity contribution in [1.29, 1.82) is 5.26 Å². The highest BCUT2D eigenvalue weighted by atomic mass is 35.7. The maximum absolute atomic E-state index is 10.2. The molecule has 0 aliphatic heterocycles. The lowest BCUT2D eigenvalue weighted by Gasteiger charge is -1.87. The van der Waals surface area contributed by atoms with Crippen molar-refractivity contribution in [3.8, 4) is 6.07 Å². The normalized spacial score (nSPS) is 10.7. The average molecular weight is 168 g/mol. The molecule has 0 N–H and O–H groups in total. The number of rotatable bonds is 3. The van der Waals surface area contributed by atoms with Crippen LogP contribution in [0, 0.1) is 11.3 Å². The van der Waals surface area contributed by atoms with Gasteiger partial charge in [0.2, 0.25) is 9.05 Å². The molecule has 0 amide bonds. The van der Waals surface area contributed by atoms with Crippen LogP contribution in [0.5, 0.6) is 0 Å². The Morgan fingerprint density at radius 1 is 1.56 bits per heavy atom. The largest absolute Gasteiger partial charge is 0.232 e. The SMILES string of the molecule is N#CCCCS(=O)(=O)Cl. The first-order chi connectivity index (χ1) is 4.06. The maximum atomic E-state index is 10.2. The number of hydrogen-bond acceptors (Lipinski definition) is 3. The van der Waals surface area contributed by atoms with Crippen molar-refractivity contribution < 1.29 is 8.42 Å². The molecule has 0 aromatic rings. The summed E-state index contributed by atoms with van der Waals surface area (Å²) in [4.78, 5) is 0. The van der Waals surface area contributed by atoms with Crippen molar-refractivity contribution in [1.82, 2.24) is 0 Å². The van der Waals surface area contributed by atoms with Crippen LogP contribution in [0.15, 0.2) is 0 Å². The molecule has 0 heterocycles. The standard InChI is InChI=1S/C4H6ClNO2S/c5-9(7,8)4-2-1-3-6/h1-2,4H2. The molecule has 0 unspecified atom stereocenters. The summed E-state index contributed by atoms with van der Waals surface area (Å²) < 4.78 is 20.3. The fraction of sp³-hybridized carbons (Fsp3) is 0.750. The summed E-state index contributed by atoms with van der Waals surface area (Å²) in [6, 6.07) is 1.82. The highest BCUT2D eigenvalue weighted by Gasteiger charge is 2.02. The second kappa shape index (κ2) is 3.70. The van der Waals surface area contributed by atoms with Gasteiger partial charge in [-0.2, -0.15) is 5.26 Å². The maximum Gasteiger partial charge on any atom is 0.232 e. The molecule has 0 bridgehead atoms. The number of halogens is 1. The van der Waals surface area contributed by atoms with E-state index in [1.165, 1.54) is 0 Å². The first-order valence-corrected chi connectivity index (χ1v) is 4.83. The van der Waals surface area contributed by atoms with Crippen LogP contribution in [0.3, 0.4) is 0 Å². The van der Waals surface area contributed by atoms with Gasteiger partial charge in [0.1, 0.15) is 0 Å². The van der Waals surface area contributed by atoms with Crippen molar-refractivity contribution in [3.05, 3.63) is 0 Å². The van der Waals surface area contributed by atoms with Crippen molar-refractivity contribution in [2.75, 3.05) is 5.75 Å². The van der Waals surface area contributed by atoms with E-state index >= 15 is 0 Å². The Morgan fingerprint density at radius 2 is 2.11 bits per heavy atom. The molecule has 52 valence electrons. The third kappa shape index (κ3) is 7.73. The van der Waals surface area contributed by atoms with E-state index < -0.39 is 9.05 Å². The van der Waals surface area contributed by atoms with Crippen LogP contribution in [0.2, 0.25) is 0 Å². The van der Waals surface area contributed by atoms with Crippen LogP contribution < -0.4 is 0 Å². The molecule has 0 saturated heterocycles. The zero-order valence-electron chi connectivity index (χ0n) is 4.67. The highest BCUT2D eigenvalue weighted by molar-refractivity contribution is 8.13. The van der Waals surface area contributed by atoms with Crippen molar-refractivity contribution in [3.63, 3.8) is 0 Å². The van der Waals surface area contributed by atoms with Gasteiger partial charge >= 0.3 is 0 Å². The van der Waals surface area contributed by atoms with Crippen LogP contribution in [0.25, 0.3) is 0 Å². The van der Waals surface area contributed by atoms with E-state index in [0.29, 0.717) is 6.42 Å².